The van der Waals surface area contributed by atoms with Crippen molar-refractivity contribution in [2.75, 3.05) is 5.32 Å². The van der Waals surface area contributed by atoms with Gasteiger partial charge in [0.05, 0.1) is 11.4 Å². The van der Waals surface area contributed by atoms with Gasteiger partial charge in [-0.25, -0.2) is 4.98 Å². The number of aromatic nitrogens is 2. The molecule has 0 bridgehead atoms. The zero-order valence-corrected chi connectivity index (χ0v) is 15.7. The number of hydrogen-bond acceptors (Lipinski definition) is 3. The summed E-state index contributed by atoms with van der Waals surface area (Å²) < 4.78 is 2.20. The van der Waals surface area contributed by atoms with Crippen molar-refractivity contribution < 1.29 is 9.59 Å². The first kappa shape index (κ1) is 18.2. The number of para-hydroxylation sites is 1. The third-order valence-electron chi connectivity index (χ3n) is 5.06. The van der Waals surface area contributed by atoms with Gasteiger partial charge in [-0.05, 0) is 18.9 Å². The minimum absolute atomic E-state index is 0.0224. The number of rotatable bonds is 6. The van der Waals surface area contributed by atoms with Crippen LogP contribution in [0.25, 0.3) is 11.3 Å². The molecule has 2 heterocycles. The smallest absolute Gasteiger partial charge is 0.224 e. The molecule has 0 atom stereocenters. The maximum atomic E-state index is 12.4. The Morgan fingerprint density at radius 1 is 0.964 bits per heavy atom. The van der Waals surface area contributed by atoms with E-state index in [2.05, 4.69) is 16.1 Å². The Kier molecular flexibility index (Phi) is 5.33. The van der Waals surface area contributed by atoms with E-state index in [1.54, 1.807) is 12.1 Å². The maximum absolute atomic E-state index is 12.4. The van der Waals surface area contributed by atoms with Gasteiger partial charge in [0.25, 0.3) is 0 Å². The third-order valence-corrected chi connectivity index (χ3v) is 5.06. The molecule has 5 heteroatoms. The quantitative estimate of drug-likeness (QED) is 0.648. The number of imidazole rings is 1. The van der Waals surface area contributed by atoms with Crippen molar-refractivity contribution >= 4 is 17.4 Å². The first-order chi connectivity index (χ1) is 13.7. The molecule has 0 unspecified atom stereocenters. The second kappa shape index (κ2) is 8.21. The lowest BCUT2D eigenvalue weighted by molar-refractivity contribution is -0.116. The summed E-state index contributed by atoms with van der Waals surface area (Å²) in [7, 11) is 0. The SMILES string of the molecule is O=C(CCC(=O)c1ccccc1)Nc1ccccc1-c1cn2c(n1)CCCC2. The lowest BCUT2D eigenvalue weighted by Crippen LogP contribution is -2.14. The monoisotopic (exact) mass is 373 g/mol. The van der Waals surface area contributed by atoms with Gasteiger partial charge in [-0.1, -0.05) is 48.5 Å². The zero-order chi connectivity index (χ0) is 19.3. The molecular formula is C23H23N3O2. The summed E-state index contributed by atoms with van der Waals surface area (Å²) >= 11 is 0. The first-order valence-corrected chi connectivity index (χ1v) is 9.74. The predicted octanol–water partition coefficient (Wildman–Crippen LogP) is 4.49. The van der Waals surface area contributed by atoms with Crippen LogP contribution in [0.5, 0.6) is 0 Å². The number of carbonyl (C=O) groups excluding carboxylic acids is 2. The van der Waals surface area contributed by atoms with Crippen LogP contribution in [-0.2, 0) is 17.8 Å². The van der Waals surface area contributed by atoms with Crippen LogP contribution in [0.1, 0.15) is 41.9 Å². The highest BCUT2D eigenvalue weighted by atomic mass is 16.2. The number of ketones is 1. The van der Waals surface area contributed by atoms with E-state index in [0.29, 0.717) is 5.56 Å². The highest BCUT2D eigenvalue weighted by Crippen LogP contribution is 2.29. The number of hydrogen-bond donors (Lipinski definition) is 1. The Morgan fingerprint density at radius 2 is 1.75 bits per heavy atom. The Morgan fingerprint density at radius 3 is 2.57 bits per heavy atom. The van der Waals surface area contributed by atoms with Gasteiger partial charge in [-0.2, -0.15) is 0 Å². The third kappa shape index (κ3) is 4.03. The molecule has 0 saturated heterocycles. The van der Waals surface area contributed by atoms with Crippen LogP contribution in [0.4, 0.5) is 5.69 Å². The molecule has 0 fully saturated rings. The Labute approximate surface area is 164 Å². The summed E-state index contributed by atoms with van der Waals surface area (Å²) in [5.41, 5.74) is 3.16. The summed E-state index contributed by atoms with van der Waals surface area (Å²) in [5.74, 6) is 0.919. The second-order valence-corrected chi connectivity index (χ2v) is 7.08. The molecule has 1 aliphatic heterocycles. The lowest BCUT2D eigenvalue weighted by Gasteiger charge is -2.11. The fraction of sp³-hybridized carbons (Fsp3) is 0.261. The Bertz CT molecular complexity index is 969. The number of benzene rings is 2. The van der Waals surface area contributed by atoms with E-state index >= 15 is 0 Å². The Hall–Kier alpha value is -3.21. The number of amides is 1. The van der Waals surface area contributed by atoms with E-state index in [0.717, 1.165) is 35.7 Å². The summed E-state index contributed by atoms with van der Waals surface area (Å²) in [5, 5.41) is 2.96. The van der Waals surface area contributed by atoms with Crippen molar-refractivity contribution in [3.63, 3.8) is 0 Å². The fourth-order valence-electron chi connectivity index (χ4n) is 3.57. The molecule has 5 nitrogen and oxygen atoms in total. The van der Waals surface area contributed by atoms with Crippen LogP contribution in [0.2, 0.25) is 0 Å². The molecule has 142 valence electrons. The van der Waals surface area contributed by atoms with Crippen LogP contribution >= 0.6 is 0 Å². The van der Waals surface area contributed by atoms with Crippen molar-refractivity contribution in [1.29, 1.82) is 0 Å². The molecule has 28 heavy (non-hydrogen) atoms. The molecule has 0 saturated carbocycles. The van der Waals surface area contributed by atoms with Gasteiger partial charge in [0, 0.05) is 43.1 Å². The molecule has 3 aromatic rings. The molecule has 1 amide bonds. The average Bonchev–Trinajstić information content (AvgIpc) is 3.17. The normalized spacial score (nSPS) is 13.0. The number of nitrogens with one attached hydrogen (secondary N) is 1. The summed E-state index contributed by atoms with van der Waals surface area (Å²) in [6, 6.07) is 16.8. The topological polar surface area (TPSA) is 64.0 Å². The molecule has 1 aliphatic rings. The highest BCUT2D eigenvalue weighted by Gasteiger charge is 2.16. The fourth-order valence-corrected chi connectivity index (χ4v) is 3.57. The minimum Gasteiger partial charge on any atom is -0.334 e. The molecule has 0 radical (unpaired) electrons. The van der Waals surface area contributed by atoms with Crippen LogP contribution in [0.3, 0.4) is 0 Å². The van der Waals surface area contributed by atoms with Crippen molar-refractivity contribution in [3.05, 3.63) is 72.2 Å². The highest BCUT2D eigenvalue weighted by molar-refractivity contribution is 6.01. The minimum atomic E-state index is -0.166. The zero-order valence-electron chi connectivity index (χ0n) is 15.7. The molecule has 2 aromatic carbocycles. The molecule has 4 rings (SSSR count). The van der Waals surface area contributed by atoms with Gasteiger partial charge in [0.2, 0.25) is 5.91 Å². The van der Waals surface area contributed by atoms with E-state index in [-0.39, 0.29) is 24.5 Å². The summed E-state index contributed by atoms with van der Waals surface area (Å²) in [6.45, 7) is 0.998. The van der Waals surface area contributed by atoms with Crippen molar-refractivity contribution in [2.24, 2.45) is 0 Å². The molecule has 1 N–H and O–H groups in total. The van der Waals surface area contributed by atoms with E-state index in [1.807, 2.05) is 42.5 Å². The molecule has 1 aromatic heterocycles. The van der Waals surface area contributed by atoms with Crippen LogP contribution in [0.15, 0.2) is 60.8 Å². The molecule has 0 spiro atoms. The largest absolute Gasteiger partial charge is 0.334 e. The van der Waals surface area contributed by atoms with Gasteiger partial charge >= 0.3 is 0 Å². The Balaban J connectivity index is 1.44. The number of fused-ring (bicyclic) bond motifs is 1. The van der Waals surface area contributed by atoms with E-state index in [1.165, 1.54) is 12.8 Å². The van der Waals surface area contributed by atoms with Crippen molar-refractivity contribution in [3.8, 4) is 11.3 Å². The number of nitrogens with zero attached hydrogens (tertiary/aromatic N) is 2. The maximum Gasteiger partial charge on any atom is 0.224 e. The molecular weight excluding hydrogens is 350 g/mol. The van der Waals surface area contributed by atoms with Gasteiger partial charge < -0.3 is 9.88 Å². The molecule has 0 aliphatic carbocycles. The number of carbonyl (C=O) groups is 2. The van der Waals surface area contributed by atoms with Crippen LogP contribution in [0, 0.1) is 0 Å². The second-order valence-electron chi connectivity index (χ2n) is 7.08. The predicted molar refractivity (Wildman–Crippen MR) is 109 cm³/mol. The van der Waals surface area contributed by atoms with Crippen LogP contribution in [-0.4, -0.2) is 21.2 Å². The van der Waals surface area contributed by atoms with Crippen molar-refractivity contribution in [2.45, 2.75) is 38.6 Å². The summed E-state index contributed by atoms with van der Waals surface area (Å²) in [4.78, 5) is 29.4. The number of aryl methyl sites for hydroxylation is 2. The van der Waals surface area contributed by atoms with Crippen molar-refractivity contribution in [1.82, 2.24) is 9.55 Å². The van der Waals surface area contributed by atoms with E-state index in [9.17, 15) is 9.59 Å². The van der Waals surface area contributed by atoms with E-state index < -0.39 is 0 Å². The van der Waals surface area contributed by atoms with Gasteiger partial charge in [0.1, 0.15) is 5.82 Å². The first-order valence-electron chi connectivity index (χ1n) is 9.74. The van der Waals surface area contributed by atoms with Gasteiger partial charge in [-0.3, -0.25) is 9.59 Å². The van der Waals surface area contributed by atoms with Crippen LogP contribution < -0.4 is 5.32 Å². The summed E-state index contributed by atoms with van der Waals surface area (Å²) in [6.07, 6.45) is 5.76. The number of anilines is 1. The average molecular weight is 373 g/mol. The standard InChI is InChI=1S/C23H23N3O2/c27-21(17-8-2-1-3-9-17)13-14-23(28)25-19-11-5-4-10-18(19)20-16-26-15-7-6-12-22(26)24-20/h1-5,8-11,16H,6-7,12-15H2,(H,25,28). The number of Topliss-reactive ketones (excluding diaryl/α,β-unsaturated/α-hetero) is 1. The lowest BCUT2D eigenvalue weighted by atomic mass is 10.1. The van der Waals surface area contributed by atoms with E-state index in [4.69, 9.17) is 4.98 Å². The van der Waals surface area contributed by atoms with Gasteiger partial charge in [0.15, 0.2) is 5.78 Å². The van der Waals surface area contributed by atoms with Gasteiger partial charge in [-0.15, -0.1) is 0 Å².